The molecule has 0 bridgehead atoms. The third-order valence-corrected chi connectivity index (χ3v) is 3.25. The second kappa shape index (κ2) is 4.25. The maximum Gasteiger partial charge on any atom is 0.135 e. The Labute approximate surface area is 95.1 Å². The first kappa shape index (κ1) is 9.84. The Kier molecular flexibility index (Phi) is 2.61. The van der Waals surface area contributed by atoms with E-state index in [9.17, 15) is 0 Å². The van der Waals surface area contributed by atoms with Crippen molar-refractivity contribution in [2.45, 2.75) is 25.3 Å². The molecular formula is C11H17N5. The number of rotatable bonds is 2. The van der Waals surface area contributed by atoms with Crippen molar-refractivity contribution in [3.63, 3.8) is 0 Å². The molecule has 2 aliphatic rings. The average molecular weight is 219 g/mol. The molecule has 3 heterocycles. The van der Waals surface area contributed by atoms with E-state index >= 15 is 0 Å². The molecule has 1 aromatic heterocycles. The lowest BCUT2D eigenvalue weighted by molar-refractivity contribution is 0.478. The third kappa shape index (κ3) is 1.82. The Morgan fingerprint density at radius 1 is 1.31 bits per heavy atom. The van der Waals surface area contributed by atoms with Gasteiger partial charge >= 0.3 is 0 Å². The maximum absolute atomic E-state index is 4.35. The molecule has 5 nitrogen and oxygen atoms in total. The molecule has 1 saturated heterocycles. The quantitative estimate of drug-likeness (QED) is 0.680. The van der Waals surface area contributed by atoms with Crippen molar-refractivity contribution in [3.8, 4) is 0 Å². The normalized spacial score (nSPS) is 23.6. The van der Waals surface area contributed by atoms with E-state index in [1.54, 1.807) is 6.33 Å². The highest BCUT2D eigenvalue weighted by Crippen LogP contribution is 2.25. The Hall–Kier alpha value is -1.36. The van der Waals surface area contributed by atoms with E-state index < -0.39 is 0 Å². The van der Waals surface area contributed by atoms with Gasteiger partial charge in [0.1, 0.15) is 18.0 Å². The van der Waals surface area contributed by atoms with Gasteiger partial charge in [-0.3, -0.25) is 0 Å². The van der Waals surface area contributed by atoms with E-state index in [1.807, 2.05) is 0 Å². The minimum absolute atomic E-state index is 0.508. The van der Waals surface area contributed by atoms with Crippen LogP contribution in [0.25, 0.3) is 0 Å². The van der Waals surface area contributed by atoms with E-state index in [0.29, 0.717) is 6.04 Å². The van der Waals surface area contributed by atoms with E-state index in [4.69, 9.17) is 0 Å². The van der Waals surface area contributed by atoms with Crippen molar-refractivity contribution >= 4 is 11.6 Å². The van der Waals surface area contributed by atoms with E-state index in [-0.39, 0.29) is 0 Å². The topological polar surface area (TPSA) is 61.9 Å². The van der Waals surface area contributed by atoms with Gasteiger partial charge in [0.2, 0.25) is 0 Å². The van der Waals surface area contributed by atoms with Gasteiger partial charge in [-0.15, -0.1) is 0 Å². The average Bonchev–Trinajstić information content (AvgIpc) is 2.80. The number of fused-ring (bicyclic) bond motifs is 1. The van der Waals surface area contributed by atoms with Gasteiger partial charge in [-0.1, -0.05) is 0 Å². The molecule has 0 amide bonds. The summed E-state index contributed by atoms with van der Waals surface area (Å²) in [5, 5.41) is 10.2. The molecule has 2 aliphatic heterocycles. The molecule has 16 heavy (non-hydrogen) atoms. The van der Waals surface area contributed by atoms with Crippen molar-refractivity contribution in [1.29, 1.82) is 0 Å². The standard InChI is InChI=1S/C11H17N5/c1-2-8(6-12-4-1)16-11-9-3-5-13-10(9)14-7-15-11/h7-8,12H,1-6H2,(H2,13,14,15,16). The second-order valence-corrected chi connectivity index (χ2v) is 4.41. The molecule has 0 spiro atoms. The van der Waals surface area contributed by atoms with Gasteiger partial charge in [0.05, 0.1) is 0 Å². The number of anilines is 2. The number of hydrogen-bond donors (Lipinski definition) is 3. The molecule has 0 aliphatic carbocycles. The number of nitrogens with zero attached hydrogens (tertiary/aromatic N) is 2. The van der Waals surface area contributed by atoms with Gasteiger partial charge < -0.3 is 16.0 Å². The molecule has 1 aromatic rings. The fourth-order valence-electron chi connectivity index (χ4n) is 2.40. The maximum atomic E-state index is 4.35. The minimum atomic E-state index is 0.508. The van der Waals surface area contributed by atoms with E-state index in [0.717, 1.165) is 37.7 Å². The first-order valence-electron chi connectivity index (χ1n) is 5.98. The Morgan fingerprint density at radius 3 is 3.19 bits per heavy atom. The van der Waals surface area contributed by atoms with Crippen LogP contribution in [0.3, 0.4) is 0 Å². The van der Waals surface area contributed by atoms with Gasteiger partial charge in [0.25, 0.3) is 0 Å². The SMILES string of the molecule is c1nc2c(c(NC3CCCNC3)n1)CCN2. The van der Waals surface area contributed by atoms with Crippen LogP contribution in [-0.4, -0.2) is 35.6 Å². The molecule has 3 N–H and O–H groups in total. The molecule has 0 radical (unpaired) electrons. The summed E-state index contributed by atoms with van der Waals surface area (Å²) in [6.45, 7) is 3.15. The van der Waals surface area contributed by atoms with Crippen molar-refractivity contribution in [1.82, 2.24) is 15.3 Å². The summed E-state index contributed by atoms with van der Waals surface area (Å²) in [6, 6.07) is 0.508. The summed E-state index contributed by atoms with van der Waals surface area (Å²) >= 11 is 0. The fraction of sp³-hybridized carbons (Fsp3) is 0.636. The molecule has 86 valence electrons. The highest BCUT2D eigenvalue weighted by atomic mass is 15.1. The second-order valence-electron chi connectivity index (χ2n) is 4.41. The number of hydrogen-bond acceptors (Lipinski definition) is 5. The lowest BCUT2D eigenvalue weighted by Gasteiger charge is -2.24. The minimum Gasteiger partial charge on any atom is -0.369 e. The molecule has 3 rings (SSSR count). The first-order valence-corrected chi connectivity index (χ1v) is 5.98. The molecule has 1 fully saturated rings. The van der Waals surface area contributed by atoms with Gasteiger partial charge in [-0.05, 0) is 25.8 Å². The number of nitrogens with one attached hydrogen (secondary N) is 3. The predicted molar refractivity (Wildman–Crippen MR) is 63.7 cm³/mol. The van der Waals surface area contributed by atoms with Crippen LogP contribution in [0.5, 0.6) is 0 Å². The van der Waals surface area contributed by atoms with Crippen LogP contribution in [0.2, 0.25) is 0 Å². The number of aromatic nitrogens is 2. The monoisotopic (exact) mass is 219 g/mol. The summed E-state index contributed by atoms with van der Waals surface area (Å²) in [6.07, 6.45) is 5.12. The summed E-state index contributed by atoms with van der Waals surface area (Å²) in [7, 11) is 0. The van der Waals surface area contributed by atoms with Crippen molar-refractivity contribution in [3.05, 3.63) is 11.9 Å². The van der Waals surface area contributed by atoms with Crippen molar-refractivity contribution < 1.29 is 0 Å². The summed E-state index contributed by atoms with van der Waals surface area (Å²) in [5.41, 5.74) is 1.24. The third-order valence-electron chi connectivity index (χ3n) is 3.25. The highest BCUT2D eigenvalue weighted by molar-refractivity contribution is 5.60. The summed E-state index contributed by atoms with van der Waals surface area (Å²) < 4.78 is 0. The van der Waals surface area contributed by atoms with Gasteiger partial charge in [-0.2, -0.15) is 0 Å². The zero-order valence-electron chi connectivity index (χ0n) is 9.29. The van der Waals surface area contributed by atoms with Crippen LogP contribution >= 0.6 is 0 Å². The van der Waals surface area contributed by atoms with Gasteiger partial charge in [0, 0.05) is 24.7 Å². The lowest BCUT2D eigenvalue weighted by atomic mass is 10.1. The van der Waals surface area contributed by atoms with Crippen LogP contribution in [0.4, 0.5) is 11.6 Å². The van der Waals surface area contributed by atoms with Crippen LogP contribution in [-0.2, 0) is 6.42 Å². The molecule has 5 heteroatoms. The van der Waals surface area contributed by atoms with E-state index in [1.165, 1.54) is 18.4 Å². The zero-order valence-corrected chi connectivity index (χ0v) is 9.29. The molecular weight excluding hydrogens is 202 g/mol. The predicted octanol–water partition coefficient (Wildman–Crippen LogP) is 0.608. The molecule has 1 unspecified atom stereocenters. The Balaban J connectivity index is 1.76. The van der Waals surface area contributed by atoms with Gasteiger partial charge in [-0.25, -0.2) is 9.97 Å². The summed E-state index contributed by atoms with van der Waals surface area (Å²) in [5.74, 6) is 2.02. The first-order chi connectivity index (χ1) is 7.93. The Morgan fingerprint density at radius 2 is 2.31 bits per heavy atom. The van der Waals surface area contributed by atoms with Gasteiger partial charge in [0.15, 0.2) is 0 Å². The van der Waals surface area contributed by atoms with Crippen LogP contribution in [0.1, 0.15) is 18.4 Å². The zero-order chi connectivity index (χ0) is 10.8. The van der Waals surface area contributed by atoms with Crippen molar-refractivity contribution in [2.24, 2.45) is 0 Å². The largest absolute Gasteiger partial charge is 0.369 e. The van der Waals surface area contributed by atoms with E-state index in [2.05, 4.69) is 25.9 Å². The lowest BCUT2D eigenvalue weighted by Crippen LogP contribution is -2.38. The van der Waals surface area contributed by atoms with Crippen molar-refractivity contribution in [2.75, 3.05) is 30.3 Å². The molecule has 0 saturated carbocycles. The smallest absolute Gasteiger partial charge is 0.135 e. The molecule has 0 aromatic carbocycles. The fourth-order valence-corrected chi connectivity index (χ4v) is 2.40. The number of piperidine rings is 1. The van der Waals surface area contributed by atoms with Crippen LogP contribution in [0, 0.1) is 0 Å². The van der Waals surface area contributed by atoms with Crippen LogP contribution < -0.4 is 16.0 Å². The molecule has 1 atom stereocenters. The Bertz CT molecular complexity index is 373. The highest BCUT2D eigenvalue weighted by Gasteiger charge is 2.19. The summed E-state index contributed by atoms with van der Waals surface area (Å²) in [4.78, 5) is 8.59. The van der Waals surface area contributed by atoms with Crippen LogP contribution in [0.15, 0.2) is 6.33 Å².